The molecular weight excluding hydrogens is 232 g/mol. The summed E-state index contributed by atoms with van der Waals surface area (Å²) in [5.74, 6) is 0.531. The van der Waals surface area contributed by atoms with Crippen molar-refractivity contribution in [2.24, 2.45) is 0 Å². The number of fused-ring (bicyclic) bond motifs is 1. The van der Waals surface area contributed by atoms with Gasteiger partial charge in [-0.15, -0.1) is 5.10 Å². The third kappa shape index (κ3) is 2.18. The highest BCUT2D eigenvalue weighted by atomic mass is 16.4. The van der Waals surface area contributed by atoms with E-state index in [0.29, 0.717) is 12.2 Å². The van der Waals surface area contributed by atoms with Crippen molar-refractivity contribution < 1.29 is 9.90 Å². The van der Waals surface area contributed by atoms with E-state index in [0.717, 1.165) is 29.2 Å². The molecule has 0 saturated heterocycles. The molecule has 0 fully saturated rings. The summed E-state index contributed by atoms with van der Waals surface area (Å²) in [5, 5.41) is 13.1. The summed E-state index contributed by atoms with van der Waals surface area (Å²) in [5.41, 5.74) is 2.69. The zero-order valence-electron chi connectivity index (χ0n) is 10.8. The van der Waals surface area contributed by atoms with Gasteiger partial charge in [0.05, 0.1) is 0 Å². The fraction of sp³-hybridized carbons (Fsp3) is 0.500. The zero-order valence-corrected chi connectivity index (χ0v) is 10.8. The smallest absolute Gasteiger partial charge is 0.303 e. The molecule has 0 unspecified atom stereocenters. The average molecular weight is 248 g/mol. The minimum absolute atomic E-state index is 0.101. The van der Waals surface area contributed by atoms with Gasteiger partial charge in [0.1, 0.15) is 0 Å². The molecule has 0 bridgehead atoms. The van der Waals surface area contributed by atoms with Crippen LogP contribution in [0.3, 0.4) is 0 Å². The molecule has 0 aliphatic heterocycles. The van der Waals surface area contributed by atoms with Crippen LogP contribution in [0.5, 0.6) is 0 Å². The number of hydrogen-bond donors (Lipinski definition) is 1. The van der Waals surface area contributed by atoms with Gasteiger partial charge in [0, 0.05) is 24.2 Å². The summed E-state index contributed by atoms with van der Waals surface area (Å²) in [6.45, 7) is 5.79. The predicted octanol–water partition coefficient (Wildman–Crippen LogP) is 1.32. The van der Waals surface area contributed by atoms with Crippen LogP contribution in [-0.4, -0.2) is 30.7 Å². The Hall–Kier alpha value is -1.98. The maximum absolute atomic E-state index is 10.7. The van der Waals surface area contributed by atoms with Crippen molar-refractivity contribution in [3.63, 3.8) is 0 Å². The number of aryl methyl sites for hydroxylation is 3. The number of aromatic nitrogens is 4. The summed E-state index contributed by atoms with van der Waals surface area (Å²) >= 11 is 0. The molecule has 0 aliphatic carbocycles. The maximum Gasteiger partial charge on any atom is 0.303 e. The van der Waals surface area contributed by atoms with Crippen molar-refractivity contribution in [3.05, 3.63) is 22.8 Å². The van der Waals surface area contributed by atoms with Crippen LogP contribution in [0.15, 0.2) is 0 Å². The first kappa shape index (κ1) is 12.5. The SMILES string of the molecule is CCc1nc2nc(C)c(CCC(=O)O)c(C)n2n1. The largest absolute Gasteiger partial charge is 0.481 e. The number of nitrogens with zero attached hydrogens (tertiary/aromatic N) is 4. The normalized spacial score (nSPS) is 11.1. The van der Waals surface area contributed by atoms with Crippen molar-refractivity contribution in [2.75, 3.05) is 0 Å². The lowest BCUT2D eigenvalue weighted by Crippen LogP contribution is -2.08. The summed E-state index contributed by atoms with van der Waals surface area (Å²) < 4.78 is 1.70. The molecule has 2 rings (SSSR count). The number of aliphatic carboxylic acids is 1. The molecule has 0 atom stereocenters. The van der Waals surface area contributed by atoms with E-state index in [9.17, 15) is 4.79 Å². The quantitative estimate of drug-likeness (QED) is 0.882. The molecule has 2 aromatic rings. The molecule has 0 aromatic carbocycles. The Morgan fingerprint density at radius 2 is 2.06 bits per heavy atom. The Morgan fingerprint density at radius 3 is 2.67 bits per heavy atom. The summed E-state index contributed by atoms with van der Waals surface area (Å²) in [6, 6.07) is 0. The Labute approximate surface area is 105 Å². The third-order valence-electron chi connectivity index (χ3n) is 3.00. The number of hydrogen-bond acceptors (Lipinski definition) is 4. The molecule has 6 nitrogen and oxygen atoms in total. The van der Waals surface area contributed by atoms with Crippen molar-refractivity contribution in [1.29, 1.82) is 0 Å². The van der Waals surface area contributed by atoms with Crippen LogP contribution in [-0.2, 0) is 17.6 Å². The fourth-order valence-corrected chi connectivity index (χ4v) is 1.99. The van der Waals surface area contributed by atoms with Crippen molar-refractivity contribution in [2.45, 2.75) is 40.0 Å². The van der Waals surface area contributed by atoms with E-state index in [4.69, 9.17) is 5.11 Å². The molecule has 0 amide bonds. The van der Waals surface area contributed by atoms with E-state index in [1.165, 1.54) is 0 Å². The molecule has 96 valence electrons. The topological polar surface area (TPSA) is 80.4 Å². The lowest BCUT2D eigenvalue weighted by atomic mass is 10.1. The van der Waals surface area contributed by atoms with Crippen LogP contribution in [0.4, 0.5) is 0 Å². The van der Waals surface area contributed by atoms with Crippen LogP contribution in [0.2, 0.25) is 0 Å². The van der Waals surface area contributed by atoms with Crippen LogP contribution in [0.25, 0.3) is 5.78 Å². The molecule has 0 aliphatic rings. The molecule has 18 heavy (non-hydrogen) atoms. The van der Waals surface area contributed by atoms with Gasteiger partial charge >= 0.3 is 5.97 Å². The van der Waals surface area contributed by atoms with Gasteiger partial charge in [-0.3, -0.25) is 4.79 Å². The molecule has 2 aromatic heterocycles. The molecule has 1 N–H and O–H groups in total. The monoisotopic (exact) mass is 248 g/mol. The molecule has 2 heterocycles. The first-order valence-corrected chi connectivity index (χ1v) is 5.96. The highest BCUT2D eigenvalue weighted by Gasteiger charge is 2.13. The summed E-state index contributed by atoms with van der Waals surface area (Å²) in [7, 11) is 0. The first-order chi connectivity index (χ1) is 8.52. The predicted molar refractivity (Wildman–Crippen MR) is 65.6 cm³/mol. The summed E-state index contributed by atoms with van der Waals surface area (Å²) in [4.78, 5) is 19.3. The number of carboxylic acid groups (broad SMARTS) is 1. The number of carbonyl (C=O) groups is 1. The van der Waals surface area contributed by atoms with Crippen LogP contribution in [0.1, 0.15) is 36.1 Å². The Kier molecular flexibility index (Phi) is 3.27. The average Bonchev–Trinajstić information content (AvgIpc) is 2.71. The third-order valence-corrected chi connectivity index (χ3v) is 3.00. The lowest BCUT2D eigenvalue weighted by molar-refractivity contribution is -0.136. The standard InChI is InChI=1S/C12H16N4O2/c1-4-10-14-12-13-7(2)9(5-6-11(17)18)8(3)16(12)15-10/h4-6H2,1-3H3,(H,17,18). The second kappa shape index (κ2) is 4.72. The Morgan fingerprint density at radius 1 is 1.33 bits per heavy atom. The highest BCUT2D eigenvalue weighted by molar-refractivity contribution is 5.67. The molecule has 0 radical (unpaired) electrons. The Balaban J connectivity index is 2.49. The minimum atomic E-state index is -0.804. The van der Waals surface area contributed by atoms with E-state index >= 15 is 0 Å². The van der Waals surface area contributed by atoms with Gasteiger partial charge in [0.2, 0.25) is 0 Å². The van der Waals surface area contributed by atoms with Crippen LogP contribution < -0.4 is 0 Å². The van der Waals surface area contributed by atoms with Gasteiger partial charge in [-0.05, 0) is 25.8 Å². The van der Waals surface area contributed by atoms with Gasteiger partial charge in [0.15, 0.2) is 5.82 Å². The van der Waals surface area contributed by atoms with Gasteiger partial charge in [-0.25, -0.2) is 9.50 Å². The molecule has 0 saturated carbocycles. The number of rotatable bonds is 4. The van der Waals surface area contributed by atoms with E-state index in [1.807, 2.05) is 20.8 Å². The van der Waals surface area contributed by atoms with E-state index < -0.39 is 5.97 Å². The second-order valence-electron chi connectivity index (χ2n) is 4.25. The van der Waals surface area contributed by atoms with Crippen LogP contribution in [0, 0.1) is 13.8 Å². The van der Waals surface area contributed by atoms with E-state index in [2.05, 4.69) is 15.1 Å². The zero-order chi connectivity index (χ0) is 13.3. The Bertz CT molecular complexity index is 604. The van der Waals surface area contributed by atoms with Gasteiger partial charge in [-0.2, -0.15) is 4.98 Å². The van der Waals surface area contributed by atoms with Gasteiger partial charge in [0.25, 0.3) is 5.78 Å². The van der Waals surface area contributed by atoms with Crippen molar-refractivity contribution in [3.8, 4) is 0 Å². The molecular formula is C12H16N4O2. The van der Waals surface area contributed by atoms with Crippen molar-refractivity contribution >= 4 is 11.7 Å². The fourth-order valence-electron chi connectivity index (χ4n) is 1.99. The summed E-state index contributed by atoms with van der Waals surface area (Å²) in [6.07, 6.45) is 1.33. The van der Waals surface area contributed by atoms with Crippen LogP contribution >= 0.6 is 0 Å². The van der Waals surface area contributed by atoms with Crippen molar-refractivity contribution in [1.82, 2.24) is 19.6 Å². The molecule has 0 spiro atoms. The van der Waals surface area contributed by atoms with E-state index in [-0.39, 0.29) is 6.42 Å². The highest BCUT2D eigenvalue weighted by Crippen LogP contribution is 2.15. The number of carboxylic acids is 1. The molecule has 6 heteroatoms. The van der Waals surface area contributed by atoms with Gasteiger partial charge < -0.3 is 5.11 Å². The first-order valence-electron chi connectivity index (χ1n) is 5.96. The maximum atomic E-state index is 10.7. The van der Waals surface area contributed by atoms with E-state index in [1.54, 1.807) is 4.52 Å². The second-order valence-corrected chi connectivity index (χ2v) is 4.25. The minimum Gasteiger partial charge on any atom is -0.481 e. The van der Waals surface area contributed by atoms with Gasteiger partial charge in [-0.1, -0.05) is 6.92 Å². The lowest BCUT2D eigenvalue weighted by Gasteiger charge is -2.08.